The van der Waals surface area contributed by atoms with Gasteiger partial charge in [0.15, 0.2) is 0 Å². The minimum absolute atomic E-state index is 0. The summed E-state index contributed by atoms with van der Waals surface area (Å²) in [6.07, 6.45) is -2.61. The second kappa shape index (κ2) is 11.9. The Balaban J connectivity index is 0.00000420. The largest absolute Gasteiger partial charge is 1.00 e. The maximum Gasteiger partial charge on any atom is 1.00 e. The van der Waals surface area contributed by atoms with E-state index in [-0.39, 0.29) is 71.4 Å². The van der Waals surface area contributed by atoms with Gasteiger partial charge in [0.25, 0.3) is 15.6 Å². The van der Waals surface area contributed by atoms with Crippen LogP contribution in [0.3, 0.4) is 0 Å². The first-order valence-electron chi connectivity index (χ1n) is 7.10. The Hall–Kier alpha value is 1.01. The number of aliphatic hydroxyl groups excluding tert-OH is 1. The van der Waals surface area contributed by atoms with E-state index < -0.39 is 54.2 Å². The summed E-state index contributed by atoms with van der Waals surface area (Å²) in [5, 5.41) is 9.91. The number of nitrogen functional groups attached to an aromatic ring is 1. The average Bonchev–Trinajstić information content (AvgIpc) is 2.82. The van der Waals surface area contributed by atoms with E-state index in [1.807, 2.05) is 0 Å². The second-order valence-electron chi connectivity index (χ2n) is 5.32. The van der Waals surface area contributed by atoms with Gasteiger partial charge >= 0.3 is 72.6 Å². The van der Waals surface area contributed by atoms with Gasteiger partial charge in [-0.1, -0.05) is 0 Å². The van der Waals surface area contributed by atoms with Crippen LogP contribution in [0, 0.1) is 0 Å². The molecule has 0 aliphatic carbocycles. The maximum absolute atomic E-state index is 11.7. The van der Waals surface area contributed by atoms with Crippen molar-refractivity contribution in [2.24, 2.45) is 0 Å². The Morgan fingerprint density at radius 2 is 1.83 bits per heavy atom. The van der Waals surface area contributed by atoms with Gasteiger partial charge in [-0.25, -0.2) is 18.0 Å². The van der Waals surface area contributed by atoms with Crippen LogP contribution in [-0.2, 0) is 31.6 Å². The molecule has 1 saturated heterocycles. The first-order chi connectivity index (χ1) is 12.7. The van der Waals surface area contributed by atoms with Crippen LogP contribution in [0.1, 0.15) is 12.6 Å². The van der Waals surface area contributed by atoms with Crippen LogP contribution in [0.15, 0.2) is 17.1 Å². The molecule has 160 valence electrons. The number of ether oxygens (including phenoxy) is 1. The fourth-order valence-electron chi connectivity index (χ4n) is 2.14. The van der Waals surface area contributed by atoms with Crippen molar-refractivity contribution < 1.29 is 115 Å². The number of aromatic nitrogens is 2. The van der Waals surface area contributed by atoms with E-state index in [2.05, 4.69) is 18.1 Å². The van der Waals surface area contributed by atoms with E-state index in [0.717, 1.165) is 4.57 Å². The van der Waals surface area contributed by atoms with Gasteiger partial charge in [-0.2, -0.15) is 4.98 Å². The van der Waals surface area contributed by atoms with E-state index >= 15 is 0 Å². The smallest absolute Gasteiger partial charge is 0.756 e. The van der Waals surface area contributed by atoms with Crippen molar-refractivity contribution in [3.05, 3.63) is 22.7 Å². The molecule has 0 bridgehead atoms. The predicted molar refractivity (Wildman–Crippen MR) is 82.8 cm³/mol. The monoisotopic (exact) mass is 511 g/mol. The van der Waals surface area contributed by atoms with Crippen molar-refractivity contribution in [1.82, 2.24) is 9.55 Å². The molecule has 0 spiro atoms. The molecule has 1 aromatic rings. The summed E-state index contributed by atoms with van der Waals surface area (Å²) >= 11 is 0. The number of rotatable bonds is 8. The van der Waals surface area contributed by atoms with E-state index in [4.69, 9.17) is 20.3 Å². The molecule has 2 heterocycles. The third-order valence-corrected chi connectivity index (χ3v) is 6.89. The fourth-order valence-corrected chi connectivity index (χ4v) is 5.06. The van der Waals surface area contributed by atoms with Crippen molar-refractivity contribution >= 4 is 29.3 Å². The van der Waals surface area contributed by atoms with Crippen LogP contribution in [0.2, 0.25) is 0 Å². The summed E-state index contributed by atoms with van der Waals surface area (Å²) in [4.78, 5) is 54.6. The molecule has 2 rings (SSSR count). The maximum atomic E-state index is 11.7. The Bertz CT molecular complexity index is 925. The fraction of sp³-hybridized carbons (Fsp3) is 0.556. The number of phosphoric ester groups is 1. The number of hydrogen-bond acceptors (Lipinski definition) is 13. The quantitative estimate of drug-likeness (QED) is 0.187. The van der Waals surface area contributed by atoms with Gasteiger partial charge in [-0.05, 0) is 6.07 Å². The third-order valence-electron chi connectivity index (χ3n) is 3.17. The third kappa shape index (κ3) is 9.87. The Labute approximate surface area is 212 Å². The van der Waals surface area contributed by atoms with E-state index in [9.17, 15) is 33.4 Å². The van der Waals surface area contributed by atoms with E-state index in [0.29, 0.717) is 0 Å². The zero-order valence-electron chi connectivity index (χ0n) is 15.5. The van der Waals surface area contributed by atoms with Gasteiger partial charge in [-0.15, -0.1) is 0 Å². The van der Waals surface area contributed by atoms with Crippen molar-refractivity contribution in [2.75, 3.05) is 12.3 Å². The Morgan fingerprint density at radius 1 is 1.23 bits per heavy atom. The second-order valence-corrected chi connectivity index (χ2v) is 9.65. The minimum atomic E-state index is -5.97. The molecule has 0 radical (unpaired) electrons. The molecule has 0 aromatic carbocycles. The predicted octanol–water partition coefficient (Wildman–Crippen LogP) is -8.44. The minimum Gasteiger partial charge on any atom is -0.756 e. The summed E-state index contributed by atoms with van der Waals surface area (Å²) in [7, 11) is -17.2. The standard InChI is InChI=1S/C9H16N3O13P3.2Na/c10-7-1-2-12(9(14)11-7)8-3-5(13)6(23-8)4-22-27(18,19)25-28(20,21)24-26(15,16)17;;/h1-2,5-6,8,13H,3-4H2,(H,18,19)(H,20,21)(H2,10,11,14)(H2,15,16,17);;/q;2*+1/p-2/t5-,6+,8+;;/m0../s1. The van der Waals surface area contributed by atoms with Crippen LogP contribution >= 0.6 is 23.5 Å². The van der Waals surface area contributed by atoms with Crippen LogP contribution in [0.4, 0.5) is 5.82 Å². The normalized spacial score (nSPS) is 25.4. The number of hydrogen-bond donors (Lipinski definition) is 4. The van der Waals surface area contributed by atoms with Gasteiger partial charge in [0.1, 0.15) is 18.1 Å². The zero-order valence-corrected chi connectivity index (χ0v) is 22.2. The molecular formula is C9H14N3Na2O13P3. The van der Waals surface area contributed by atoms with Crippen LogP contribution in [0.25, 0.3) is 0 Å². The molecule has 0 amide bonds. The Morgan fingerprint density at radius 3 is 2.37 bits per heavy atom. The summed E-state index contributed by atoms with van der Waals surface area (Å²) in [5.74, 6) is -0.0521. The molecule has 0 saturated carbocycles. The van der Waals surface area contributed by atoms with Crippen molar-refractivity contribution in [3.8, 4) is 0 Å². The molecule has 1 aromatic heterocycles. The number of phosphoric acid groups is 3. The summed E-state index contributed by atoms with van der Waals surface area (Å²) in [5.41, 5.74) is 4.55. The molecule has 1 aliphatic rings. The van der Waals surface area contributed by atoms with Gasteiger partial charge in [0, 0.05) is 12.6 Å². The van der Waals surface area contributed by atoms with Gasteiger partial charge in [0.2, 0.25) is 0 Å². The summed E-state index contributed by atoms with van der Waals surface area (Å²) in [6.45, 7) is -0.939. The van der Waals surface area contributed by atoms with Gasteiger partial charge in [-0.3, -0.25) is 13.7 Å². The molecule has 1 aliphatic heterocycles. The molecular weight excluding hydrogens is 497 g/mol. The Kier molecular flexibility index (Phi) is 12.3. The molecule has 21 heteroatoms. The molecule has 2 unspecified atom stereocenters. The first-order valence-corrected chi connectivity index (χ1v) is 11.6. The molecule has 16 nitrogen and oxygen atoms in total. The SMILES string of the molecule is Nc1ccn([C@H]2C[C@H](O)[C@@H](COP(=O)([O-])OP(=O)([O-])OP(=O)(O)O)O2)c(=O)n1.[Na+].[Na+]. The topological polar surface area (TPSA) is 256 Å². The number of anilines is 1. The van der Waals surface area contributed by atoms with Gasteiger partial charge in [0.05, 0.1) is 12.7 Å². The van der Waals surface area contributed by atoms with Crippen LogP contribution < -0.4 is 80.3 Å². The summed E-state index contributed by atoms with van der Waals surface area (Å²) in [6, 6.07) is 1.29. The number of nitrogens with two attached hydrogens (primary N) is 1. The van der Waals surface area contributed by atoms with Crippen LogP contribution in [0.5, 0.6) is 0 Å². The van der Waals surface area contributed by atoms with Crippen molar-refractivity contribution in [1.29, 1.82) is 0 Å². The van der Waals surface area contributed by atoms with Gasteiger partial charge < -0.3 is 39.7 Å². The van der Waals surface area contributed by atoms with Crippen molar-refractivity contribution in [3.63, 3.8) is 0 Å². The molecule has 1 fully saturated rings. The molecule has 5 atom stereocenters. The zero-order chi connectivity index (χ0) is 21.3. The number of aliphatic hydroxyl groups is 1. The number of nitrogens with zero attached hydrogens (tertiary/aromatic N) is 2. The first kappa shape index (κ1) is 31.0. The van der Waals surface area contributed by atoms with E-state index in [1.165, 1.54) is 12.3 Å². The van der Waals surface area contributed by atoms with Crippen LogP contribution in [-0.4, -0.2) is 43.3 Å². The van der Waals surface area contributed by atoms with Crippen molar-refractivity contribution in [2.45, 2.75) is 24.9 Å². The van der Waals surface area contributed by atoms with E-state index in [1.54, 1.807) is 0 Å². The average molecular weight is 511 g/mol. The molecule has 30 heavy (non-hydrogen) atoms. The molecule has 5 N–H and O–H groups in total. The summed E-state index contributed by atoms with van der Waals surface area (Å²) < 4.78 is 50.3.